The van der Waals surface area contributed by atoms with E-state index in [2.05, 4.69) is 17.4 Å². The third-order valence-electron chi connectivity index (χ3n) is 2.24. The summed E-state index contributed by atoms with van der Waals surface area (Å²) in [6.07, 6.45) is 2.97. The molecule has 13 heavy (non-hydrogen) atoms. The van der Waals surface area contributed by atoms with Crippen LogP contribution in [-0.2, 0) is 6.42 Å². The number of hydrogen-bond acceptors (Lipinski definition) is 2. The van der Waals surface area contributed by atoms with Gasteiger partial charge in [-0.05, 0) is 30.4 Å². The number of carbonyl (C=O) groups excluding carboxylic acids is 1. The SMILES string of the molecule is CSc1ccc2c(c1)C(=O)NCC2. The van der Waals surface area contributed by atoms with Crippen molar-refractivity contribution in [3.63, 3.8) is 0 Å². The summed E-state index contributed by atoms with van der Waals surface area (Å²) < 4.78 is 0. The van der Waals surface area contributed by atoms with Gasteiger partial charge in [-0.1, -0.05) is 6.07 Å². The summed E-state index contributed by atoms with van der Waals surface area (Å²) in [4.78, 5) is 12.6. The van der Waals surface area contributed by atoms with E-state index in [1.54, 1.807) is 11.8 Å². The topological polar surface area (TPSA) is 29.1 Å². The van der Waals surface area contributed by atoms with Crippen LogP contribution >= 0.6 is 11.8 Å². The molecule has 3 heteroatoms. The summed E-state index contributed by atoms with van der Waals surface area (Å²) in [6, 6.07) is 6.09. The van der Waals surface area contributed by atoms with E-state index in [1.165, 1.54) is 5.56 Å². The van der Waals surface area contributed by atoms with E-state index in [9.17, 15) is 4.79 Å². The van der Waals surface area contributed by atoms with E-state index in [0.717, 1.165) is 23.4 Å². The second kappa shape index (κ2) is 3.42. The molecule has 0 bridgehead atoms. The minimum absolute atomic E-state index is 0.0668. The standard InChI is InChI=1S/C10H11NOS/c1-13-8-3-2-7-4-5-11-10(12)9(7)6-8/h2-3,6H,4-5H2,1H3,(H,11,12). The van der Waals surface area contributed by atoms with Crippen LogP contribution in [0.3, 0.4) is 0 Å². The normalized spacial score (nSPS) is 15.0. The molecule has 0 saturated heterocycles. The number of rotatable bonds is 1. The molecule has 1 aromatic carbocycles. The number of thioether (sulfide) groups is 1. The van der Waals surface area contributed by atoms with Gasteiger partial charge in [-0.3, -0.25) is 4.79 Å². The zero-order valence-electron chi connectivity index (χ0n) is 7.46. The Balaban J connectivity index is 2.47. The molecule has 1 N–H and O–H groups in total. The molecular weight excluding hydrogens is 182 g/mol. The number of nitrogens with one attached hydrogen (secondary N) is 1. The lowest BCUT2D eigenvalue weighted by Crippen LogP contribution is -2.31. The Morgan fingerprint density at radius 1 is 1.46 bits per heavy atom. The third kappa shape index (κ3) is 1.56. The van der Waals surface area contributed by atoms with Gasteiger partial charge in [-0.15, -0.1) is 11.8 Å². The third-order valence-corrected chi connectivity index (χ3v) is 2.97. The summed E-state index contributed by atoms with van der Waals surface area (Å²) in [6.45, 7) is 0.768. The van der Waals surface area contributed by atoms with Crippen molar-refractivity contribution in [3.05, 3.63) is 29.3 Å². The van der Waals surface area contributed by atoms with Gasteiger partial charge in [0.25, 0.3) is 5.91 Å². The zero-order chi connectivity index (χ0) is 9.26. The molecule has 2 rings (SSSR count). The molecule has 0 aromatic heterocycles. The van der Waals surface area contributed by atoms with Gasteiger partial charge >= 0.3 is 0 Å². The molecule has 1 aliphatic heterocycles. The lowest BCUT2D eigenvalue weighted by molar-refractivity contribution is 0.0946. The largest absolute Gasteiger partial charge is 0.352 e. The lowest BCUT2D eigenvalue weighted by atomic mass is 10.0. The van der Waals surface area contributed by atoms with Crippen molar-refractivity contribution in [2.45, 2.75) is 11.3 Å². The molecule has 0 spiro atoms. The maximum atomic E-state index is 11.4. The minimum Gasteiger partial charge on any atom is -0.352 e. The summed E-state index contributed by atoms with van der Waals surface area (Å²) in [7, 11) is 0. The van der Waals surface area contributed by atoms with Crippen LogP contribution in [0.25, 0.3) is 0 Å². The van der Waals surface area contributed by atoms with Crippen molar-refractivity contribution in [2.75, 3.05) is 12.8 Å². The molecule has 1 aliphatic rings. The molecule has 1 aromatic rings. The Labute approximate surface area is 81.7 Å². The van der Waals surface area contributed by atoms with Crippen LogP contribution in [0, 0.1) is 0 Å². The summed E-state index contributed by atoms with van der Waals surface area (Å²) in [5, 5.41) is 2.84. The average Bonchev–Trinajstić information content (AvgIpc) is 2.18. The number of benzene rings is 1. The fraction of sp³-hybridized carbons (Fsp3) is 0.300. The van der Waals surface area contributed by atoms with Gasteiger partial charge in [0.1, 0.15) is 0 Å². The Morgan fingerprint density at radius 3 is 3.08 bits per heavy atom. The van der Waals surface area contributed by atoms with Gasteiger partial charge in [0, 0.05) is 17.0 Å². The van der Waals surface area contributed by atoms with Crippen LogP contribution in [0.1, 0.15) is 15.9 Å². The van der Waals surface area contributed by atoms with Crippen molar-refractivity contribution in [3.8, 4) is 0 Å². The van der Waals surface area contributed by atoms with Crippen molar-refractivity contribution in [1.29, 1.82) is 0 Å². The average molecular weight is 193 g/mol. The molecule has 1 heterocycles. The van der Waals surface area contributed by atoms with E-state index in [0.29, 0.717) is 0 Å². The predicted octanol–water partition coefficient (Wildman–Crippen LogP) is 1.69. The number of amides is 1. The molecule has 0 unspecified atom stereocenters. The zero-order valence-corrected chi connectivity index (χ0v) is 8.28. The van der Waals surface area contributed by atoms with Crippen LogP contribution in [0.15, 0.2) is 23.1 Å². The first-order chi connectivity index (χ1) is 6.31. The van der Waals surface area contributed by atoms with Gasteiger partial charge in [0.05, 0.1) is 0 Å². The first-order valence-electron chi connectivity index (χ1n) is 4.26. The highest BCUT2D eigenvalue weighted by atomic mass is 32.2. The maximum Gasteiger partial charge on any atom is 0.251 e. The molecule has 0 fully saturated rings. The van der Waals surface area contributed by atoms with E-state index < -0.39 is 0 Å². The molecular formula is C10H11NOS. The fourth-order valence-electron chi connectivity index (χ4n) is 1.52. The number of fused-ring (bicyclic) bond motifs is 1. The highest BCUT2D eigenvalue weighted by Gasteiger charge is 2.15. The molecule has 68 valence electrons. The van der Waals surface area contributed by atoms with Gasteiger partial charge in [-0.25, -0.2) is 0 Å². The predicted molar refractivity (Wildman–Crippen MR) is 54.3 cm³/mol. The van der Waals surface area contributed by atoms with E-state index in [4.69, 9.17) is 0 Å². The smallest absolute Gasteiger partial charge is 0.251 e. The summed E-state index contributed by atoms with van der Waals surface area (Å²) in [5.74, 6) is 0.0668. The molecule has 0 saturated carbocycles. The van der Waals surface area contributed by atoms with E-state index in [-0.39, 0.29) is 5.91 Å². The van der Waals surface area contributed by atoms with Crippen LogP contribution < -0.4 is 5.32 Å². The monoisotopic (exact) mass is 193 g/mol. The fourth-order valence-corrected chi connectivity index (χ4v) is 1.96. The Hall–Kier alpha value is -0.960. The van der Waals surface area contributed by atoms with Crippen molar-refractivity contribution >= 4 is 17.7 Å². The van der Waals surface area contributed by atoms with Gasteiger partial charge < -0.3 is 5.32 Å². The van der Waals surface area contributed by atoms with Crippen molar-refractivity contribution in [1.82, 2.24) is 5.32 Å². The Morgan fingerprint density at radius 2 is 2.31 bits per heavy atom. The van der Waals surface area contributed by atoms with Crippen molar-refractivity contribution < 1.29 is 4.79 Å². The first kappa shape index (κ1) is 8.63. The molecule has 2 nitrogen and oxygen atoms in total. The molecule has 1 amide bonds. The number of carbonyl (C=O) groups is 1. The van der Waals surface area contributed by atoms with E-state index in [1.807, 2.05) is 12.3 Å². The minimum atomic E-state index is 0.0668. The van der Waals surface area contributed by atoms with Crippen LogP contribution in [0.5, 0.6) is 0 Å². The molecule has 0 aliphatic carbocycles. The second-order valence-electron chi connectivity index (χ2n) is 3.03. The highest BCUT2D eigenvalue weighted by Crippen LogP contribution is 2.21. The van der Waals surface area contributed by atoms with Gasteiger partial charge in [0.2, 0.25) is 0 Å². The summed E-state index contributed by atoms with van der Waals surface area (Å²) in [5.41, 5.74) is 2.01. The quantitative estimate of drug-likeness (QED) is 0.688. The van der Waals surface area contributed by atoms with E-state index >= 15 is 0 Å². The summed E-state index contributed by atoms with van der Waals surface area (Å²) >= 11 is 1.66. The van der Waals surface area contributed by atoms with Gasteiger partial charge in [-0.2, -0.15) is 0 Å². The van der Waals surface area contributed by atoms with Crippen molar-refractivity contribution in [2.24, 2.45) is 0 Å². The Bertz CT molecular complexity index is 349. The van der Waals surface area contributed by atoms with Crippen LogP contribution in [0.2, 0.25) is 0 Å². The lowest BCUT2D eigenvalue weighted by Gasteiger charge is -2.16. The highest BCUT2D eigenvalue weighted by molar-refractivity contribution is 7.98. The first-order valence-corrected chi connectivity index (χ1v) is 5.49. The number of hydrogen-bond donors (Lipinski definition) is 1. The second-order valence-corrected chi connectivity index (χ2v) is 3.91. The van der Waals surface area contributed by atoms with Crippen LogP contribution in [-0.4, -0.2) is 18.7 Å². The maximum absolute atomic E-state index is 11.4. The Kier molecular flexibility index (Phi) is 2.27. The molecule has 0 radical (unpaired) electrons. The van der Waals surface area contributed by atoms with Gasteiger partial charge in [0.15, 0.2) is 0 Å². The molecule has 0 atom stereocenters. The van der Waals surface area contributed by atoms with Crippen LogP contribution in [0.4, 0.5) is 0 Å².